The molecule has 1 aromatic rings. The monoisotopic (exact) mass is 237 g/mol. The number of piperidine rings is 1. The highest BCUT2D eigenvalue weighted by atomic mass is 15.2. The number of nitrogens with zero attached hydrogens (tertiary/aromatic N) is 3. The molecule has 2 heterocycles. The van der Waals surface area contributed by atoms with Gasteiger partial charge in [-0.3, -0.25) is 0 Å². The second-order valence-corrected chi connectivity index (χ2v) is 5.21. The van der Waals surface area contributed by atoms with Crippen molar-refractivity contribution in [2.24, 2.45) is 5.41 Å². The number of hydrogen-bond donors (Lipinski definition) is 0. The Bertz CT molecular complexity index is 536. The molecule has 0 radical (unpaired) electrons. The highest BCUT2D eigenvalue weighted by Crippen LogP contribution is 2.44. The van der Waals surface area contributed by atoms with E-state index in [1.807, 2.05) is 18.2 Å². The van der Waals surface area contributed by atoms with Crippen LogP contribution < -0.4 is 4.90 Å². The largest absolute Gasteiger partial charge is 0.366 e. The van der Waals surface area contributed by atoms with Gasteiger partial charge in [0.1, 0.15) is 0 Å². The molecule has 3 rings (SSSR count). The zero-order valence-corrected chi connectivity index (χ0v) is 10.3. The Morgan fingerprint density at radius 1 is 1.17 bits per heavy atom. The van der Waals surface area contributed by atoms with E-state index < -0.39 is 5.41 Å². The van der Waals surface area contributed by atoms with Crippen molar-refractivity contribution in [3.8, 4) is 12.1 Å². The number of fused-ring (bicyclic) bond motifs is 3. The van der Waals surface area contributed by atoms with Gasteiger partial charge in [0.15, 0.2) is 5.41 Å². The molecule has 1 atom stereocenters. The standard InChI is InChI=1S/C15H15N3/c16-10-15(11-17)9-12-5-1-2-6-13(12)18-8-4-3-7-14(15)18/h1-2,5-6,14H,3-4,7-9H2. The van der Waals surface area contributed by atoms with Crippen molar-refractivity contribution in [3.05, 3.63) is 29.8 Å². The maximum Gasteiger partial charge on any atom is 0.167 e. The molecular weight excluding hydrogens is 222 g/mol. The smallest absolute Gasteiger partial charge is 0.167 e. The van der Waals surface area contributed by atoms with Gasteiger partial charge < -0.3 is 4.90 Å². The van der Waals surface area contributed by atoms with Gasteiger partial charge in [-0.15, -0.1) is 0 Å². The van der Waals surface area contributed by atoms with Gasteiger partial charge in [-0.1, -0.05) is 18.2 Å². The highest BCUT2D eigenvalue weighted by Gasteiger charge is 2.48. The number of rotatable bonds is 0. The first kappa shape index (κ1) is 11.1. The van der Waals surface area contributed by atoms with Crippen LogP contribution in [0.5, 0.6) is 0 Å². The summed E-state index contributed by atoms with van der Waals surface area (Å²) in [4.78, 5) is 2.29. The van der Waals surface area contributed by atoms with Crippen LogP contribution in [0.3, 0.4) is 0 Å². The molecular formula is C15H15N3. The summed E-state index contributed by atoms with van der Waals surface area (Å²) in [5.41, 5.74) is 1.50. The number of anilines is 1. The van der Waals surface area contributed by atoms with Crippen LogP contribution in [0.15, 0.2) is 24.3 Å². The molecule has 0 bridgehead atoms. The Balaban J connectivity index is 2.15. The van der Waals surface area contributed by atoms with Crippen LogP contribution in [0.2, 0.25) is 0 Å². The average molecular weight is 237 g/mol. The van der Waals surface area contributed by atoms with Crippen molar-refractivity contribution < 1.29 is 0 Å². The molecule has 18 heavy (non-hydrogen) atoms. The van der Waals surface area contributed by atoms with Crippen LogP contribution in [0.1, 0.15) is 24.8 Å². The van der Waals surface area contributed by atoms with E-state index in [0.29, 0.717) is 6.42 Å². The Morgan fingerprint density at radius 3 is 2.72 bits per heavy atom. The van der Waals surface area contributed by atoms with E-state index >= 15 is 0 Å². The van der Waals surface area contributed by atoms with Crippen molar-refractivity contribution in [3.63, 3.8) is 0 Å². The molecule has 0 spiro atoms. The summed E-state index contributed by atoms with van der Waals surface area (Å²) in [6.07, 6.45) is 3.79. The van der Waals surface area contributed by atoms with Gasteiger partial charge in [0.2, 0.25) is 0 Å². The lowest BCUT2D eigenvalue weighted by molar-refractivity contribution is 0.307. The van der Waals surface area contributed by atoms with E-state index in [-0.39, 0.29) is 6.04 Å². The first-order chi connectivity index (χ1) is 8.80. The summed E-state index contributed by atoms with van der Waals surface area (Å²) in [5.74, 6) is 0. The van der Waals surface area contributed by atoms with E-state index in [0.717, 1.165) is 31.4 Å². The molecule has 90 valence electrons. The normalized spacial score (nSPS) is 24.3. The quantitative estimate of drug-likeness (QED) is 0.697. The third-order valence-electron chi connectivity index (χ3n) is 4.24. The molecule has 3 nitrogen and oxygen atoms in total. The second-order valence-electron chi connectivity index (χ2n) is 5.21. The fraction of sp³-hybridized carbons (Fsp3) is 0.467. The second kappa shape index (κ2) is 4.03. The summed E-state index contributed by atoms with van der Waals surface area (Å²) in [5, 5.41) is 19.0. The van der Waals surface area contributed by atoms with Gasteiger partial charge in [0.25, 0.3) is 0 Å². The maximum absolute atomic E-state index is 9.51. The predicted molar refractivity (Wildman–Crippen MR) is 68.8 cm³/mol. The molecule has 2 aliphatic heterocycles. The van der Waals surface area contributed by atoms with Crippen LogP contribution in [-0.2, 0) is 6.42 Å². The third-order valence-corrected chi connectivity index (χ3v) is 4.24. The minimum absolute atomic E-state index is 0.0659. The molecule has 3 heteroatoms. The van der Waals surface area contributed by atoms with Gasteiger partial charge in [0.05, 0.1) is 18.2 Å². The molecule has 0 aliphatic carbocycles. The minimum atomic E-state index is -0.866. The molecule has 1 saturated heterocycles. The molecule has 0 aromatic heterocycles. The Labute approximate surface area is 107 Å². The molecule has 1 aromatic carbocycles. The van der Waals surface area contributed by atoms with E-state index in [2.05, 4.69) is 23.1 Å². The fourth-order valence-electron chi connectivity index (χ4n) is 3.34. The Kier molecular flexibility index (Phi) is 2.49. The van der Waals surface area contributed by atoms with E-state index in [1.54, 1.807) is 0 Å². The zero-order chi connectivity index (χ0) is 12.6. The van der Waals surface area contributed by atoms with Crippen LogP contribution in [-0.4, -0.2) is 12.6 Å². The molecule has 0 N–H and O–H groups in total. The van der Waals surface area contributed by atoms with Gasteiger partial charge in [-0.2, -0.15) is 10.5 Å². The minimum Gasteiger partial charge on any atom is -0.366 e. The van der Waals surface area contributed by atoms with Crippen molar-refractivity contribution >= 4 is 5.69 Å². The van der Waals surface area contributed by atoms with E-state index in [1.165, 1.54) is 5.69 Å². The topological polar surface area (TPSA) is 50.8 Å². The number of para-hydroxylation sites is 1. The van der Waals surface area contributed by atoms with Crippen LogP contribution >= 0.6 is 0 Å². The molecule has 2 aliphatic rings. The first-order valence-corrected chi connectivity index (χ1v) is 6.48. The van der Waals surface area contributed by atoms with Crippen molar-refractivity contribution in [2.45, 2.75) is 31.7 Å². The SMILES string of the molecule is N#CC1(C#N)Cc2ccccc2N2CCCCC21. The summed E-state index contributed by atoms with van der Waals surface area (Å²) in [6, 6.07) is 12.9. The van der Waals surface area contributed by atoms with E-state index in [4.69, 9.17) is 0 Å². The number of nitriles is 2. The summed E-state index contributed by atoms with van der Waals surface area (Å²) in [7, 11) is 0. The van der Waals surface area contributed by atoms with Crippen molar-refractivity contribution in [2.75, 3.05) is 11.4 Å². The average Bonchev–Trinajstić information content (AvgIpc) is 2.46. The summed E-state index contributed by atoms with van der Waals surface area (Å²) in [6.45, 7) is 0.965. The third kappa shape index (κ3) is 1.41. The maximum atomic E-state index is 9.51. The first-order valence-electron chi connectivity index (χ1n) is 6.48. The summed E-state index contributed by atoms with van der Waals surface area (Å²) < 4.78 is 0. The van der Waals surface area contributed by atoms with Gasteiger partial charge in [-0.05, 0) is 30.9 Å². The Morgan fingerprint density at radius 2 is 1.94 bits per heavy atom. The Hall–Kier alpha value is -2.00. The van der Waals surface area contributed by atoms with E-state index in [9.17, 15) is 10.5 Å². The highest BCUT2D eigenvalue weighted by molar-refractivity contribution is 5.60. The van der Waals surface area contributed by atoms with Crippen LogP contribution in [0, 0.1) is 28.1 Å². The lowest BCUT2D eigenvalue weighted by atomic mass is 9.70. The van der Waals surface area contributed by atoms with Crippen LogP contribution in [0.4, 0.5) is 5.69 Å². The lowest BCUT2D eigenvalue weighted by Gasteiger charge is -2.47. The van der Waals surface area contributed by atoms with Gasteiger partial charge in [0, 0.05) is 18.7 Å². The lowest BCUT2D eigenvalue weighted by Crippen LogP contribution is -2.53. The number of benzene rings is 1. The molecule has 0 saturated carbocycles. The number of hydrogen-bond acceptors (Lipinski definition) is 3. The predicted octanol–water partition coefficient (Wildman–Crippen LogP) is 2.64. The fourth-order valence-corrected chi connectivity index (χ4v) is 3.34. The molecule has 1 unspecified atom stereocenters. The summed E-state index contributed by atoms with van der Waals surface area (Å²) >= 11 is 0. The van der Waals surface area contributed by atoms with Gasteiger partial charge in [-0.25, -0.2) is 0 Å². The van der Waals surface area contributed by atoms with Crippen LogP contribution in [0.25, 0.3) is 0 Å². The van der Waals surface area contributed by atoms with Crippen molar-refractivity contribution in [1.29, 1.82) is 10.5 Å². The van der Waals surface area contributed by atoms with Crippen molar-refractivity contribution in [1.82, 2.24) is 0 Å². The molecule has 1 fully saturated rings. The zero-order valence-electron chi connectivity index (χ0n) is 10.3. The molecule has 0 amide bonds. The van der Waals surface area contributed by atoms with Gasteiger partial charge >= 0.3 is 0 Å².